The highest BCUT2D eigenvalue weighted by Gasteiger charge is 2.21. The molecular weight excluding hydrogens is 484 g/mol. The number of rotatable bonds is 11. The number of nitrogens with zero attached hydrogens (tertiary/aromatic N) is 4. The summed E-state index contributed by atoms with van der Waals surface area (Å²) in [5.74, 6) is 0.536. The number of aryl methyl sites for hydroxylation is 1. The zero-order chi connectivity index (χ0) is 26.2. The van der Waals surface area contributed by atoms with E-state index in [1.165, 1.54) is 12.1 Å². The molecule has 0 spiro atoms. The molecule has 0 fully saturated rings. The maximum atomic E-state index is 12.7. The molecule has 2 aromatic carbocycles. The third kappa shape index (κ3) is 6.48. The van der Waals surface area contributed by atoms with Gasteiger partial charge in [0.2, 0.25) is 5.91 Å². The third-order valence-corrected chi connectivity index (χ3v) is 6.15. The Bertz CT molecular complexity index is 1270. The molecular formula is C24H26N6O5S. The van der Waals surface area contributed by atoms with Crippen molar-refractivity contribution in [3.05, 3.63) is 82.2 Å². The van der Waals surface area contributed by atoms with E-state index < -0.39 is 11.0 Å². The van der Waals surface area contributed by atoms with Crippen LogP contribution in [-0.4, -0.2) is 44.4 Å². The van der Waals surface area contributed by atoms with Crippen molar-refractivity contribution in [3.63, 3.8) is 0 Å². The fraction of sp³-hybridized carbons (Fsp3) is 0.250. The standard InChI is InChI=1S/C24H26N6O5S/c1-5-12-29-22(16(3)25-23(32)17-7-10-19(35-4)11-8-17)27-28-24(29)36-14-21(31)26-20-13-18(30(33)34)9-6-15(20)2/h5-11,13,16H,1,12,14H2,2-4H3,(H,25,32)(H,26,31)/t16-/m1/s1. The van der Waals surface area contributed by atoms with Gasteiger partial charge in [-0.05, 0) is 43.7 Å². The number of allylic oxidation sites excluding steroid dienone is 1. The van der Waals surface area contributed by atoms with Crippen LogP contribution in [0.4, 0.5) is 11.4 Å². The van der Waals surface area contributed by atoms with E-state index in [0.29, 0.717) is 40.1 Å². The molecule has 1 aromatic heterocycles. The minimum Gasteiger partial charge on any atom is -0.497 e. The number of benzene rings is 2. The number of ether oxygens (including phenoxy) is 1. The molecule has 0 aliphatic carbocycles. The monoisotopic (exact) mass is 510 g/mol. The van der Waals surface area contributed by atoms with Crippen LogP contribution >= 0.6 is 11.8 Å². The normalized spacial score (nSPS) is 11.4. The summed E-state index contributed by atoms with van der Waals surface area (Å²) in [5.41, 5.74) is 1.44. The van der Waals surface area contributed by atoms with Crippen LogP contribution in [0.25, 0.3) is 0 Å². The van der Waals surface area contributed by atoms with Crippen LogP contribution in [0.5, 0.6) is 5.75 Å². The van der Waals surface area contributed by atoms with Gasteiger partial charge in [-0.1, -0.05) is 23.9 Å². The number of anilines is 1. The molecule has 3 rings (SSSR count). The summed E-state index contributed by atoms with van der Waals surface area (Å²) < 4.78 is 6.88. The number of amides is 2. The molecule has 0 bridgehead atoms. The summed E-state index contributed by atoms with van der Waals surface area (Å²) >= 11 is 1.16. The smallest absolute Gasteiger partial charge is 0.271 e. The Morgan fingerprint density at radius 2 is 1.97 bits per heavy atom. The van der Waals surface area contributed by atoms with Crippen molar-refractivity contribution in [3.8, 4) is 5.75 Å². The third-order valence-electron chi connectivity index (χ3n) is 5.18. The van der Waals surface area contributed by atoms with Crippen molar-refractivity contribution in [1.29, 1.82) is 0 Å². The number of thioether (sulfide) groups is 1. The first-order valence-corrected chi connectivity index (χ1v) is 11.9. The van der Waals surface area contributed by atoms with Crippen molar-refractivity contribution in [2.24, 2.45) is 0 Å². The topological polar surface area (TPSA) is 141 Å². The molecule has 0 saturated heterocycles. The average molecular weight is 511 g/mol. The number of non-ortho nitro benzene ring substituents is 1. The van der Waals surface area contributed by atoms with Gasteiger partial charge in [0, 0.05) is 24.2 Å². The molecule has 11 nitrogen and oxygen atoms in total. The van der Waals surface area contributed by atoms with Gasteiger partial charge in [0.05, 0.1) is 29.5 Å². The van der Waals surface area contributed by atoms with Gasteiger partial charge in [0.15, 0.2) is 11.0 Å². The van der Waals surface area contributed by atoms with Crippen molar-refractivity contribution in [1.82, 2.24) is 20.1 Å². The molecule has 2 N–H and O–H groups in total. The summed E-state index contributed by atoms with van der Waals surface area (Å²) in [7, 11) is 1.55. The summed E-state index contributed by atoms with van der Waals surface area (Å²) in [6.45, 7) is 7.68. The lowest BCUT2D eigenvalue weighted by Crippen LogP contribution is -2.28. The highest BCUT2D eigenvalue weighted by molar-refractivity contribution is 7.99. The molecule has 3 aromatic rings. The lowest BCUT2D eigenvalue weighted by atomic mass is 10.2. The molecule has 0 unspecified atom stereocenters. The van der Waals surface area contributed by atoms with E-state index >= 15 is 0 Å². The Morgan fingerprint density at radius 1 is 1.25 bits per heavy atom. The Labute approximate surface area is 212 Å². The number of nitro groups is 1. The van der Waals surface area contributed by atoms with Gasteiger partial charge in [-0.2, -0.15) is 0 Å². The SMILES string of the molecule is C=CCn1c(SCC(=O)Nc2cc([N+](=O)[O-])ccc2C)nnc1[C@@H](C)NC(=O)c1ccc(OC)cc1. The largest absolute Gasteiger partial charge is 0.497 e. The van der Waals surface area contributed by atoms with Crippen molar-refractivity contribution < 1.29 is 19.2 Å². The number of carbonyl (C=O) groups excluding carboxylic acids is 2. The number of carbonyl (C=O) groups is 2. The number of nitro benzene ring substituents is 1. The van der Waals surface area contributed by atoms with Crippen LogP contribution in [0, 0.1) is 17.0 Å². The van der Waals surface area contributed by atoms with E-state index in [-0.39, 0.29) is 23.3 Å². The van der Waals surface area contributed by atoms with E-state index in [2.05, 4.69) is 27.4 Å². The quantitative estimate of drug-likeness (QED) is 0.171. The molecule has 188 valence electrons. The van der Waals surface area contributed by atoms with Crippen molar-refractivity contribution in [2.45, 2.75) is 31.6 Å². The number of hydrogen-bond donors (Lipinski definition) is 2. The molecule has 1 atom stereocenters. The molecule has 0 saturated carbocycles. The first-order valence-electron chi connectivity index (χ1n) is 10.9. The highest BCUT2D eigenvalue weighted by atomic mass is 32.2. The predicted molar refractivity (Wildman–Crippen MR) is 136 cm³/mol. The highest BCUT2D eigenvalue weighted by Crippen LogP contribution is 2.24. The van der Waals surface area contributed by atoms with Crippen LogP contribution in [-0.2, 0) is 11.3 Å². The van der Waals surface area contributed by atoms with Crippen LogP contribution in [0.15, 0.2) is 60.3 Å². The van der Waals surface area contributed by atoms with E-state index in [9.17, 15) is 19.7 Å². The van der Waals surface area contributed by atoms with Crippen LogP contribution in [0.1, 0.15) is 34.7 Å². The van der Waals surface area contributed by atoms with Crippen LogP contribution in [0.2, 0.25) is 0 Å². The van der Waals surface area contributed by atoms with Crippen LogP contribution in [0.3, 0.4) is 0 Å². The minimum absolute atomic E-state index is 0.00396. The number of methoxy groups -OCH3 is 1. The second-order valence-corrected chi connectivity index (χ2v) is 8.70. The van der Waals surface area contributed by atoms with E-state index in [4.69, 9.17) is 4.74 Å². The van der Waals surface area contributed by atoms with Crippen molar-refractivity contribution in [2.75, 3.05) is 18.2 Å². The fourth-order valence-corrected chi connectivity index (χ4v) is 4.04. The second-order valence-electron chi connectivity index (χ2n) is 7.76. The molecule has 0 aliphatic rings. The second kappa shape index (κ2) is 12.0. The summed E-state index contributed by atoms with van der Waals surface area (Å²) in [5, 5.41) is 25.5. The Kier molecular flexibility index (Phi) is 8.79. The van der Waals surface area contributed by atoms with E-state index in [1.54, 1.807) is 61.9 Å². The molecule has 1 heterocycles. The minimum atomic E-state index is -0.516. The first kappa shape index (κ1) is 26.4. The fourth-order valence-electron chi connectivity index (χ4n) is 3.29. The molecule has 36 heavy (non-hydrogen) atoms. The Balaban J connectivity index is 1.67. The Morgan fingerprint density at radius 3 is 2.61 bits per heavy atom. The van der Waals surface area contributed by atoms with Gasteiger partial charge in [0.25, 0.3) is 11.6 Å². The van der Waals surface area contributed by atoms with E-state index in [0.717, 1.165) is 11.8 Å². The Hall–Kier alpha value is -4.19. The zero-order valence-electron chi connectivity index (χ0n) is 20.1. The molecule has 0 aliphatic heterocycles. The first-order chi connectivity index (χ1) is 17.2. The van der Waals surface area contributed by atoms with Crippen molar-refractivity contribution >= 4 is 35.0 Å². The molecule has 0 radical (unpaired) electrons. The van der Waals surface area contributed by atoms with Gasteiger partial charge in [0.1, 0.15) is 5.75 Å². The lowest BCUT2D eigenvalue weighted by Gasteiger charge is -2.15. The predicted octanol–water partition coefficient (Wildman–Crippen LogP) is 3.91. The molecule has 12 heteroatoms. The number of aromatic nitrogens is 3. The van der Waals surface area contributed by atoms with E-state index in [1.807, 2.05) is 0 Å². The maximum Gasteiger partial charge on any atom is 0.271 e. The van der Waals surface area contributed by atoms with Gasteiger partial charge in [-0.3, -0.25) is 19.7 Å². The molecule has 2 amide bonds. The lowest BCUT2D eigenvalue weighted by molar-refractivity contribution is -0.384. The van der Waals surface area contributed by atoms with Gasteiger partial charge in [-0.25, -0.2) is 0 Å². The summed E-state index contributed by atoms with van der Waals surface area (Å²) in [6.07, 6.45) is 1.67. The number of nitrogens with one attached hydrogen (secondary N) is 2. The number of hydrogen-bond acceptors (Lipinski definition) is 8. The summed E-state index contributed by atoms with van der Waals surface area (Å²) in [6, 6.07) is 10.6. The van der Waals surface area contributed by atoms with Gasteiger partial charge < -0.3 is 19.9 Å². The maximum absolute atomic E-state index is 12.7. The summed E-state index contributed by atoms with van der Waals surface area (Å²) in [4.78, 5) is 35.7. The van der Waals surface area contributed by atoms with Gasteiger partial charge in [-0.15, -0.1) is 16.8 Å². The van der Waals surface area contributed by atoms with Crippen LogP contribution < -0.4 is 15.4 Å². The zero-order valence-corrected chi connectivity index (χ0v) is 20.9. The average Bonchev–Trinajstić information content (AvgIpc) is 3.26. The van der Waals surface area contributed by atoms with Gasteiger partial charge >= 0.3 is 0 Å².